The van der Waals surface area contributed by atoms with Crippen LogP contribution in [0.3, 0.4) is 0 Å². The van der Waals surface area contributed by atoms with Gasteiger partial charge in [0.05, 0.1) is 17.9 Å². The minimum absolute atomic E-state index is 0.329. The molecule has 3 heterocycles. The number of fused-ring (bicyclic) bond motifs is 1. The molecule has 1 aliphatic rings. The molecule has 3 rings (SSSR count). The van der Waals surface area contributed by atoms with Crippen LogP contribution >= 0.6 is 0 Å². The second-order valence-corrected chi connectivity index (χ2v) is 4.72. The standard InChI is InChI=1S/C13H18N4O/c1-14-13(10-2-6-18-7-3-10)11-8-16-17-5-4-15-9-12(11)17/h4-5,8-10,13-14H,2-3,6-7H2,1H3. The third-order valence-corrected chi connectivity index (χ3v) is 3.74. The van der Waals surface area contributed by atoms with Gasteiger partial charge >= 0.3 is 0 Å². The molecular formula is C13H18N4O. The number of nitrogens with one attached hydrogen (secondary N) is 1. The van der Waals surface area contributed by atoms with Crippen LogP contribution in [-0.2, 0) is 4.74 Å². The predicted octanol–water partition coefficient (Wildman–Crippen LogP) is 1.42. The summed E-state index contributed by atoms with van der Waals surface area (Å²) in [7, 11) is 2.01. The molecule has 5 nitrogen and oxygen atoms in total. The molecule has 0 bridgehead atoms. The average Bonchev–Trinajstić information content (AvgIpc) is 2.85. The van der Waals surface area contributed by atoms with Crippen molar-refractivity contribution in [1.29, 1.82) is 0 Å². The molecule has 1 fully saturated rings. The van der Waals surface area contributed by atoms with E-state index in [9.17, 15) is 0 Å². The molecule has 0 amide bonds. The van der Waals surface area contributed by atoms with Crippen molar-refractivity contribution in [3.63, 3.8) is 0 Å². The molecule has 96 valence electrons. The highest BCUT2D eigenvalue weighted by molar-refractivity contribution is 5.53. The zero-order chi connectivity index (χ0) is 12.4. The summed E-state index contributed by atoms with van der Waals surface area (Å²) in [4.78, 5) is 4.19. The summed E-state index contributed by atoms with van der Waals surface area (Å²) in [5.41, 5.74) is 2.32. The lowest BCUT2D eigenvalue weighted by atomic mass is 9.88. The second-order valence-electron chi connectivity index (χ2n) is 4.72. The van der Waals surface area contributed by atoms with E-state index in [0.29, 0.717) is 12.0 Å². The Labute approximate surface area is 106 Å². The van der Waals surface area contributed by atoms with Gasteiger partial charge in [-0.25, -0.2) is 4.52 Å². The molecule has 2 aromatic heterocycles. The molecule has 2 aromatic rings. The summed E-state index contributed by atoms with van der Waals surface area (Å²) in [5, 5.41) is 7.82. The zero-order valence-corrected chi connectivity index (χ0v) is 10.5. The molecule has 5 heteroatoms. The number of hydrogen-bond donors (Lipinski definition) is 1. The normalized spacial score (nSPS) is 19.2. The number of aromatic nitrogens is 3. The molecular weight excluding hydrogens is 228 g/mol. The third-order valence-electron chi connectivity index (χ3n) is 3.74. The van der Waals surface area contributed by atoms with Crippen LogP contribution in [0.4, 0.5) is 0 Å². The van der Waals surface area contributed by atoms with Crippen molar-refractivity contribution in [2.24, 2.45) is 5.92 Å². The maximum absolute atomic E-state index is 5.44. The Hall–Kier alpha value is -1.46. The fourth-order valence-electron chi connectivity index (χ4n) is 2.79. The van der Waals surface area contributed by atoms with Crippen LogP contribution in [0, 0.1) is 5.92 Å². The smallest absolute Gasteiger partial charge is 0.0892 e. The molecule has 1 atom stereocenters. The van der Waals surface area contributed by atoms with Gasteiger partial charge in [-0.1, -0.05) is 0 Å². The van der Waals surface area contributed by atoms with E-state index in [1.54, 1.807) is 6.20 Å². The highest BCUT2D eigenvalue weighted by Crippen LogP contribution is 2.31. The lowest BCUT2D eigenvalue weighted by molar-refractivity contribution is 0.0548. The quantitative estimate of drug-likeness (QED) is 0.890. The van der Waals surface area contributed by atoms with Gasteiger partial charge in [-0.05, 0) is 25.8 Å². The van der Waals surface area contributed by atoms with Gasteiger partial charge in [-0.2, -0.15) is 5.10 Å². The van der Waals surface area contributed by atoms with E-state index in [1.807, 2.05) is 30.2 Å². The van der Waals surface area contributed by atoms with E-state index >= 15 is 0 Å². The van der Waals surface area contributed by atoms with Gasteiger partial charge < -0.3 is 10.1 Å². The third kappa shape index (κ3) is 2.00. The van der Waals surface area contributed by atoms with E-state index in [-0.39, 0.29) is 0 Å². The van der Waals surface area contributed by atoms with Crippen LogP contribution in [0.5, 0.6) is 0 Å². The number of hydrogen-bond acceptors (Lipinski definition) is 4. The molecule has 0 aliphatic carbocycles. The molecule has 0 aromatic carbocycles. The van der Waals surface area contributed by atoms with Gasteiger partial charge in [0.2, 0.25) is 0 Å². The van der Waals surface area contributed by atoms with E-state index < -0.39 is 0 Å². The van der Waals surface area contributed by atoms with E-state index in [1.165, 1.54) is 5.56 Å². The summed E-state index contributed by atoms with van der Waals surface area (Å²) < 4.78 is 7.32. The summed E-state index contributed by atoms with van der Waals surface area (Å²) in [6, 6.07) is 0.329. The fourth-order valence-corrected chi connectivity index (χ4v) is 2.79. The molecule has 0 radical (unpaired) electrons. The van der Waals surface area contributed by atoms with Crippen molar-refractivity contribution in [2.45, 2.75) is 18.9 Å². The SMILES string of the molecule is CNC(c1cnn2ccncc12)C1CCOCC1. The van der Waals surface area contributed by atoms with Gasteiger partial charge in [0, 0.05) is 37.2 Å². The van der Waals surface area contributed by atoms with E-state index in [0.717, 1.165) is 31.6 Å². The largest absolute Gasteiger partial charge is 0.381 e. The summed E-state index contributed by atoms with van der Waals surface area (Å²) in [6.45, 7) is 1.72. The Kier molecular flexibility index (Phi) is 3.25. The topological polar surface area (TPSA) is 51.5 Å². The Bertz CT molecular complexity index is 518. The van der Waals surface area contributed by atoms with Gasteiger partial charge in [-0.3, -0.25) is 4.98 Å². The minimum Gasteiger partial charge on any atom is -0.381 e. The summed E-state index contributed by atoms with van der Waals surface area (Å²) in [6.07, 6.45) is 9.67. The Morgan fingerprint density at radius 3 is 3.00 bits per heavy atom. The second kappa shape index (κ2) is 5.04. The van der Waals surface area contributed by atoms with E-state index in [2.05, 4.69) is 15.4 Å². The van der Waals surface area contributed by atoms with Crippen LogP contribution in [0.1, 0.15) is 24.4 Å². The van der Waals surface area contributed by atoms with Crippen molar-refractivity contribution in [3.8, 4) is 0 Å². The maximum atomic E-state index is 5.44. The molecule has 1 N–H and O–H groups in total. The Morgan fingerprint density at radius 2 is 2.22 bits per heavy atom. The summed E-state index contributed by atoms with van der Waals surface area (Å²) >= 11 is 0. The maximum Gasteiger partial charge on any atom is 0.0892 e. The van der Waals surface area contributed by atoms with Crippen molar-refractivity contribution < 1.29 is 4.74 Å². The first-order chi connectivity index (χ1) is 8.90. The van der Waals surface area contributed by atoms with Gasteiger partial charge in [0.15, 0.2) is 0 Å². The molecule has 18 heavy (non-hydrogen) atoms. The zero-order valence-electron chi connectivity index (χ0n) is 10.5. The van der Waals surface area contributed by atoms with Crippen molar-refractivity contribution >= 4 is 5.52 Å². The van der Waals surface area contributed by atoms with Crippen LogP contribution in [-0.4, -0.2) is 34.9 Å². The lowest BCUT2D eigenvalue weighted by Gasteiger charge is -2.29. The van der Waals surface area contributed by atoms with Crippen LogP contribution in [0.2, 0.25) is 0 Å². The van der Waals surface area contributed by atoms with Gasteiger partial charge in [-0.15, -0.1) is 0 Å². The molecule has 0 spiro atoms. The number of rotatable bonds is 3. The minimum atomic E-state index is 0.329. The van der Waals surface area contributed by atoms with Crippen LogP contribution in [0.25, 0.3) is 5.52 Å². The molecule has 0 saturated carbocycles. The fraction of sp³-hybridized carbons (Fsp3) is 0.538. The van der Waals surface area contributed by atoms with E-state index in [4.69, 9.17) is 4.74 Å². The first-order valence-corrected chi connectivity index (χ1v) is 6.42. The molecule has 1 unspecified atom stereocenters. The van der Waals surface area contributed by atoms with Crippen LogP contribution in [0.15, 0.2) is 24.8 Å². The van der Waals surface area contributed by atoms with Crippen molar-refractivity contribution in [2.75, 3.05) is 20.3 Å². The first kappa shape index (κ1) is 11.6. The van der Waals surface area contributed by atoms with Gasteiger partial charge in [0.1, 0.15) is 0 Å². The number of nitrogens with zero attached hydrogens (tertiary/aromatic N) is 3. The average molecular weight is 246 g/mol. The van der Waals surface area contributed by atoms with Gasteiger partial charge in [0.25, 0.3) is 0 Å². The van der Waals surface area contributed by atoms with Crippen molar-refractivity contribution in [3.05, 3.63) is 30.4 Å². The highest BCUT2D eigenvalue weighted by atomic mass is 16.5. The predicted molar refractivity (Wildman–Crippen MR) is 68.3 cm³/mol. The summed E-state index contributed by atoms with van der Waals surface area (Å²) in [5.74, 6) is 0.608. The molecule has 1 saturated heterocycles. The molecule has 1 aliphatic heterocycles. The number of ether oxygens (including phenoxy) is 1. The highest BCUT2D eigenvalue weighted by Gasteiger charge is 2.26. The Balaban J connectivity index is 1.95. The first-order valence-electron chi connectivity index (χ1n) is 6.42. The van der Waals surface area contributed by atoms with Crippen molar-refractivity contribution in [1.82, 2.24) is 19.9 Å². The monoisotopic (exact) mass is 246 g/mol. The lowest BCUT2D eigenvalue weighted by Crippen LogP contribution is -2.29. The van der Waals surface area contributed by atoms with Crippen LogP contribution < -0.4 is 5.32 Å². The Morgan fingerprint density at radius 1 is 1.39 bits per heavy atom.